The lowest BCUT2D eigenvalue weighted by Crippen LogP contribution is -1.91. The molecule has 0 amide bonds. The van der Waals surface area contributed by atoms with Crippen molar-refractivity contribution in [2.75, 3.05) is 0 Å². The molecule has 0 saturated heterocycles. The Balaban J connectivity index is 2.57. The standard InChI is InChI=1S/C12H11FN2/c1-3-8(2)12-7-14-11-6-9(13)4-5-10(11)15-12/h4-7H,2-3H2,1H3. The lowest BCUT2D eigenvalue weighted by atomic mass is 10.1. The Hall–Kier alpha value is -1.77. The van der Waals surface area contributed by atoms with Gasteiger partial charge in [-0.3, -0.25) is 4.98 Å². The molecular weight excluding hydrogens is 191 g/mol. The van der Waals surface area contributed by atoms with Crippen molar-refractivity contribution in [3.63, 3.8) is 0 Å². The van der Waals surface area contributed by atoms with Gasteiger partial charge in [0.15, 0.2) is 0 Å². The lowest BCUT2D eigenvalue weighted by Gasteiger charge is -2.02. The van der Waals surface area contributed by atoms with Crippen molar-refractivity contribution in [3.05, 3.63) is 42.5 Å². The molecule has 0 spiro atoms. The van der Waals surface area contributed by atoms with Crippen molar-refractivity contribution < 1.29 is 4.39 Å². The van der Waals surface area contributed by atoms with Crippen LogP contribution in [0.3, 0.4) is 0 Å². The van der Waals surface area contributed by atoms with Crippen molar-refractivity contribution in [3.8, 4) is 0 Å². The Morgan fingerprint density at radius 1 is 1.40 bits per heavy atom. The van der Waals surface area contributed by atoms with Crippen LogP contribution in [-0.4, -0.2) is 9.97 Å². The molecule has 0 N–H and O–H groups in total. The number of aromatic nitrogens is 2. The van der Waals surface area contributed by atoms with Crippen LogP contribution in [0.5, 0.6) is 0 Å². The molecule has 0 saturated carbocycles. The number of halogens is 1. The Kier molecular flexibility index (Phi) is 2.46. The normalized spacial score (nSPS) is 10.5. The van der Waals surface area contributed by atoms with Gasteiger partial charge in [-0.2, -0.15) is 0 Å². The molecule has 0 atom stereocenters. The minimum Gasteiger partial charge on any atom is -0.252 e. The van der Waals surface area contributed by atoms with E-state index >= 15 is 0 Å². The molecule has 0 aliphatic rings. The Morgan fingerprint density at radius 2 is 2.20 bits per heavy atom. The van der Waals surface area contributed by atoms with Crippen LogP contribution in [0, 0.1) is 5.82 Å². The fourth-order valence-electron chi connectivity index (χ4n) is 1.34. The fraction of sp³-hybridized carbons (Fsp3) is 0.167. The van der Waals surface area contributed by atoms with Crippen LogP contribution in [0.25, 0.3) is 16.6 Å². The Morgan fingerprint density at radius 3 is 2.93 bits per heavy atom. The molecule has 3 heteroatoms. The predicted octanol–water partition coefficient (Wildman–Crippen LogP) is 3.19. The first-order chi connectivity index (χ1) is 7.20. The average molecular weight is 202 g/mol. The zero-order valence-corrected chi connectivity index (χ0v) is 8.50. The van der Waals surface area contributed by atoms with E-state index in [1.807, 2.05) is 6.92 Å². The number of fused-ring (bicyclic) bond motifs is 1. The van der Waals surface area contributed by atoms with E-state index in [2.05, 4.69) is 16.5 Å². The molecule has 0 radical (unpaired) electrons. The van der Waals surface area contributed by atoms with E-state index in [0.29, 0.717) is 11.0 Å². The van der Waals surface area contributed by atoms with Crippen molar-refractivity contribution in [1.82, 2.24) is 9.97 Å². The molecule has 1 aromatic heterocycles. The molecule has 0 unspecified atom stereocenters. The van der Waals surface area contributed by atoms with Crippen LogP contribution >= 0.6 is 0 Å². The summed E-state index contributed by atoms with van der Waals surface area (Å²) in [7, 11) is 0. The number of benzene rings is 1. The molecule has 1 aromatic carbocycles. The lowest BCUT2D eigenvalue weighted by molar-refractivity contribution is 0.629. The van der Waals surface area contributed by atoms with E-state index < -0.39 is 0 Å². The second kappa shape index (κ2) is 3.77. The average Bonchev–Trinajstić information content (AvgIpc) is 2.27. The van der Waals surface area contributed by atoms with Gasteiger partial charge in [-0.1, -0.05) is 13.5 Å². The second-order valence-corrected chi connectivity index (χ2v) is 3.35. The third-order valence-corrected chi connectivity index (χ3v) is 2.29. The number of hydrogen-bond donors (Lipinski definition) is 0. The largest absolute Gasteiger partial charge is 0.252 e. The van der Waals surface area contributed by atoms with Gasteiger partial charge < -0.3 is 0 Å². The monoisotopic (exact) mass is 202 g/mol. The van der Waals surface area contributed by atoms with Crippen molar-refractivity contribution in [1.29, 1.82) is 0 Å². The first-order valence-electron chi connectivity index (χ1n) is 4.81. The third-order valence-electron chi connectivity index (χ3n) is 2.29. The highest BCUT2D eigenvalue weighted by molar-refractivity contribution is 5.76. The van der Waals surface area contributed by atoms with E-state index in [1.54, 1.807) is 12.3 Å². The molecule has 76 valence electrons. The van der Waals surface area contributed by atoms with Gasteiger partial charge in [-0.25, -0.2) is 9.37 Å². The van der Waals surface area contributed by atoms with E-state index in [4.69, 9.17) is 0 Å². The summed E-state index contributed by atoms with van der Waals surface area (Å²) in [6.45, 7) is 5.90. The Labute approximate surface area is 87.5 Å². The zero-order valence-electron chi connectivity index (χ0n) is 8.50. The molecule has 15 heavy (non-hydrogen) atoms. The summed E-state index contributed by atoms with van der Waals surface area (Å²) in [6.07, 6.45) is 2.47. The molecule has 0 aliphatic carbocycles. The van der Waals surface area contributed by atoms with E-state index in [1.165, 1.54) is 12.1 Å². The van der Waals surface area contributed by atoms with Gasteiger partial charge in [-0.05, 0) is 24.1 Å². The van der Waals surface area contributed by atoms with Crippen LogP contribution in [-0.2, 0) is 0 Å². The summed E-state index contributed by atoms with van der Waals surface area (Å²) in [5.41, 5.74) is 2.98. The van der Waals surface area contributed by atoms with Crippen LogP contribution in [0.2, 0.25) is 0 Å². The second-order valence-electron chi connectivity index (χ2n) is 3.35. The van der Waals surface area contributed by atoms with Crippen LogP contribution in [0.1, 0.15) is 19.0 Å². The number of hydrogen-bond acceptors (Lipinski definition) is 2. The highest BCUT2D eigenvalue weighted by Crippen LogP contribution is 2.16. The fourth-order valence-corrected chi connectivity index (χ4v) is 1.34. The zero-order chi connectivity index (χ0) is 10.8. The number of allylic oxidation sites excluding steroid dienone is 1. The highest BCUT2D eigenvalue weighted by atomic mass is 19.1. The van der Waals surface area contributed by atoms with Crippen molar-refractivity contribution >= 4 is 16.6 Å². The minimum absolute atomic E-state index is 0.293. The van der Waals surface area contributed by atoms with Gasteiger partial charge >= 0.3 is 0 Å². The summed E-state index contributed by atoms with van der Waals surface area (Å²) >= 11 is 0. The molecule has 0 aliphatic heterocycles. The van der Waals surface area contributed by atoms with Crippen molar-refractivity contribution in [2.24, 2.45) is 0 Å². The van der Waals surface area contributed by atoms with Crippen molar-refractivity contribution in [2.45, 2.75) is 13.3 Å². The number of rotatable bonds is 2. The molecule has 2 aromatic rings. The van der Waals surface area contributed by atoms with E-state index in [9.17, 15) is 4.39 Å². The summed E-state index contributed by atoms with van der Waals surface area (Å²) in [4.78, 5) is 8.51. The maximum absolute atomic E-state index is 12.9. The summed E-state index contributed by atoms with van der Waals surface area (Å²) in [6, 6.07) is 4.39. The summed E-state index contributed by atoms with van der Waals surface area (Å²) < 4.78 is 12.9. The first kappa shape index (κ1) is 9.77. The molecule has 0 bridgehead atoms. The van der Waals surface area contributed by atoms with Gasteiger partial charge in [0.05, 0.1) is 22.9 Å². The molecule has 2 nitrogen and oxygen atoms in total. The maximum Gasteiger partial charge on any atom is 0.125 e. The molecule has 1 heterocycles. The quantitative estimate of drug-likeness (QED) is 0.747. The van der Waals surface area contributed by atoms with Crippen LogP contribution < -0.4 is 0 Å². The molecular formula is C12H11FN2. The van der Waals surface area contributed by atoms with E-state index in [0.717, 1.165) is 17.7 Å². The number of nitrogens with zero attached hydrogens (tertiary/aromatic N) is 2. The predicted molar refractivity (Wildman–Crippen MR) is 58.8 cm³/mol. The van der Waals surface area contributed by atoms with Gasteiger partial charge in [0.1, 0.15) is 5.82 Å². The van der Waals surface area contributed by atoms with Crippen LogP contribution in [0.4, 0.5) is 4.39 Å². The maximum atomic E-state index is 12.9. The van der Waals surface area contributed by atoms with Gasteiger partial charge in [0.2, 0.25) is 0 Å². The van der Waals surface area contributed by atoms with Crippen LogP contribution in [0.15, 0.2) is 31.0 Å². The third kappa shape index (κ3) is 1.86. The van der Waals surface area contributed by atoms with Gasteiger partial charge in [0, 0.05) is 6.07 Å². The minimum atomic E-state index is -0.293. The Bertz CT molecular complexity index is 520. The smallest absolute Gasteiger partial charge is 0.125 e. The molecule has 0 fully saturated rings. The first-order valence-corrected chi connectivity index (χ1v) is 4.81. The van der Waals surface area contributed by atoms with E-state index in [-0.39, 0.29) is 5.82 Å². The topological polar surface area (TPSA) is 25.8 Å². The summed E-state index contributed by atoms with van der Waals surface area (Å²) in [5.74, 6) is -0.293. The summed E-state index contributed by atoms with van der Waals surface area (Å²) in [5, 5.41) is 0. The van der Waals surface area contributed by atoms with Gasteiger partial charge in [0.25, 0.3) is 0 Å². The highest BCUT2D eigenvalue weighted by Gasteiger charge is 2.02. The molecule has 2 rings (SSSR count). The SMILES string of the molecule is C=C(CC)c1cnc2cc(F)ccc2n1. The van der Waals surface area contributed by atoms with Gasteiger partial charge in [-0.15, -0.1) is 0 Å².